The van der Waals surface area contributed by atoms with Gasteiger partial charge in [0.25, 0.3) is 5.91 Å². The smallest absolute Gasteiger partial charge is 0.338 e. The summed E-state index contributed by atoms with van der Waals surface area (Å²) < 4.78 is 15.7. The second-order valence-electron chi connectivity index (χ2n) is 5.47. The Morgan fingerprint density at radius 2 is 1.79 bits per heavy atom. The van der Waals surface area contributed by atoms with E-state index in [1.165, 1.54) is 6.92 Å². The van der Waals surface area contributed by atoms with Crippen molar-refractivity contribution in [2.24, 2.45) is 0 Å². The Balaban J connectivity index is 1.60. The first kappa shape index (κ1) is 15.9. The molecule has 2 aromatic carbocycles. The predicted molar refractivity (Wildman–Crippen MR) is 87.3 cm³/mol. The van der Waals surface area contributed by atoms with Crippen molar-refractivity contribution in [3.63, 3.8) is 0 Å². The lowest BCUT2D eigenvalue weighted by molar-refractivity contribution is -0.123. The van der Waals surface area contributed by atoms with Gasteiger partial charge < -0.3 is 19.5 Å². The van der Waals surface area contributed by atoms with Crippen molar-refractivity contribution in [2.45, 2.75) is 20.0 Å². The minimum atomic E-state index is -0.927. The minimum absolute atomic E-state index is 0.164. The van der Waals surface area contributed by atoms with Crippen LogP contribution >= 0.6 is 0 Å². The van der Waals surface area contributed by atoms with Crippen LogP contribution in [-0.2, 0) is 9.53 Å². The molecular weight excluding hydrogens is 310 g/mol. The van der Waals surface area contributed by atoms with Crippen LogP contribution in [0.15, 0.2) is 42.5 Å². The Labute approximate surface area is 139 Å². The number of esters is 1. The third-order valence-corrected chi connectivity index (χ3v) is 3.58. The standard InChI is InChI=1S/C18H17NO5/c1-11-3-5-13(6-4-11)18(21)24-12(2)17(20)19-14-7-8-15-16(9-14)23-10-22-15/h3-9,12H,10H2,1-2H3,(H,19,20). The zero-order valence-corrected chi connectivity index (χ0v) is 13.4. The summed E-state index contributed by atoms with van der Waals surface area (Å²) in [7, 11) is 0. The van der Waals surface area contributed by atoms with Crippen LogP contribution in [0.5, 0.6) is 11.5 Å². The van der Waals surface area contributed by atoms with Gasteiger partial charge in [0, 0.05) is 11.8 Å². The number of nitrogens with one attached hydrogen (secondary N) is 1. The van der Waals surface area contributed by atoms with Crippen LogP contribution in [0.1, 0.15) is 22.8 Å². The number of hydrogen-bond donors (Lipinski definition) is 1. The van der Waals surface area contributed by atoms with E-state index in [9.17, 15) is 9.59 Å². The van der Waals surface area contributed by atoms with Crippen molar-refractivity contribution in [3.05, 3.63) is 53.6 Å². The quantitative estimate of drug-likeness (QED) is 0.874. The fourth-order valence-corrected chi connectivity index (χ4v) is 2.19. The van der Waals surface area contributed by atoms with Crippen LogP contribution in [0.2, 0.25) is 0 Å². The van der Waals surface area contributed by atoms with E-state index in [4.69, 9.17) is 14.2 Å². The van der Waals surface area contributed by atoms with Crippen molar-refractivity contribution in [3.8, 4) is 11.5 Å². The number of benzene rings is 2. The highest BCUT2D eigenvalue weighted by Gasteiger charge is 2.20. The van der Waals surface area contributed by atoms with Crippen LogP contribution in [0.4, 0.5) is 5.69 Å². The number of ether oxygens (including phenoxy) is 3. The molecule has 1 heterocycles. The van der Waals surface area contributed by atoms with Crippen molar-refractivity contribution in [2.75, 3.05) is 12.1 Å². The monoisotopic (exact) mass is 327 g/mol. The van der Waals surface area contributed by atoms with Crippen molar-refractivity contribution in [1.82, 2.24) is 0 Å². The highest BCUT2D eigenvalue weighted by atomic mass is 16.7. The average Bonchev–Trinajstić information content (AvgIpc) is 3.03. The Bertz CT molecular complexity index is 769. The first-order chi connectivity index (χ1) is 11.5. The van der Waals surface area contributed by atoms with E-state index in [-0.39, 0.29) is 6.79 Å². The van der Waals surface area contributed by atoms with Crippen LogP contribution in [0.25, 0.3) is 0 Å². The molecule has 1 unspecified atom stereocenters. The van der Waals surface area contributed by atoms with E-state index < -0.39 is 18.0 Å². The third kappa shape index (κ3) is 3.48. The topological polar surface area (TPSA) is 73.9 Å². The summed E-state index contributed by atoms with van der Waals surface area (Å²) in [5, 5.41) is 2.69. The lowest BCUT2D eigenvalue weighted by Crippen LogP contribution is -2.30. The molecule has 6 nitrogen and oxygen atoms in total. The molecule has 2 aromatic rings. The third-order valence-electron chi connectivity index (χ3n) is 3.58. The zero-order valence-electron chi connectivity index (χ0n) is 13.4. The molecule has 1 N–H and O–H groups in total. The van der Waals surface area contributed by atoms with E-state index in [0.717, 1.165) is 5.56 Å². The van der Waals surface area contributed by atoms with Gasteiger partial charge in [-0.1, -0.05) is 17.7 Å². The highest BCUT2D eigenvalue weighted by molar-refractivity contribution is 5.97. The Morgan fingerprint density at radius 3 is 2.54 bits per heavy atom. The number of amides is 1. The number of carbonyl (C=O) groups is 2. The van der Waals surface area contributed by atoms with Gasteiger partial charge in [-0.2, -0.15) is 0 Å². The zero-order chi connectivity index (χ0) is 17.1. The predicted octanol–water partition coefficient (Wildman–Crippen LogP) is 2.91. The lowest BCUT2D eigenvalue weighted by Gasteiger charge is -2.14. The summed E-state index contributed by atoms with van der Waals surface area (Å²) in [4.78, 5) is 24.2. The van der Waals surface area contributed by atoms with E-state index in [1.807, 2.05) is 19.1 Å². The molecule has 3 rings (SSSR count). The fraction of sp³-hybridized carbons (Fsp3) is 0.222. The molecule has 24 heavy (non-hydrogen) atoms. The van der Waals surface area contributed by atoms with Gasteiger partial charge >= 0.3 is 5.97 Å². The Morgan fingerprint density at radius 1 is 1.08 bits per heavy atom. The number of aryl methyl sites for hydroxylation is 1. The molecule has 0 aliphatic carbocycles. The van der Waals surface area contributed by atoms with Crippen LogP contribution in [0, 0.1) is 6.92 Å². The number of anilines is 1. The lowest BCUT2D eigenvalue weighted by atomic mass is 10.1. The molecule has 0 spiro atoms. The van der Waals surface area contributed by atoms with E-state index in [1.54, 1.807) is 30.3 Å². The van der Waals surface area contributed by atoms with Crippen LogP contribution in [0.3, 0.4) is 0 Å². The molecule has 6 heteroatoms. The molecule has 0 bridgehead atoms. The summed E-state index contributed by atoms with van der Waals surface area (Å²) in [6.45, 7) is 3.61. The summed E-state index contributed by atoms with van der Waals surface area (Å²) in [6.07, 6.45) is -0.927. The molecule has 0 fully saturated rings. The molecule has 0 saturated carbocycles. The first-order valence-corrected chi connectivity index (χ1v) is 7.51. The highest BCUT2D eigenvalue weighted by Crippen LogP contribution is 2.34. The molecule has 1 aliphatic heterocycles. The number of carbonyl (C=O) groups excluding carboxylic acids is 2. The molecule has 124 valence electrons. The maximum atomic E-state index is 12.2. The van der Waals surface area contributed by atoms with E-state index in [2.05, 4.69) is 5.32 Å². The van der Waals surface area contributed by atoms with Gasteiger partial charge in [0.1, 0.15) is 0 Å². The van der Waals surface area contributed by atoms with Gasteiger partial charge in [-0.25, -0.2) is 4.79 Å². The maximum absolute atomic E-state index is 12.2. The Hall–Kier alpha value is -3.02. The molecule has 1 atom stereocenters. The van der Waals surface area contributed by atoms with Crippen LogP contribution in [-0.4, -0.2) is 24.8 Å². The average molecular weight is 327 g/mol. The number of fused-ring (bicyclic) bond motifs is 1. The van der Waals surface area contributed by atoms with Gasteiger partial charge in [-0.05, 0) is 38.1 Å². The Kier molecular flexibility index (Phi) is 4.37. The molecular formula is C18H17NO5. The van der Waals surface area contributed by atoms with Gasteiger partial charge in [-0.3, -0.25) is 4.79 Å². The van der Waals surface area contributed by atoms with Gasteiger partial charge in [0.05, 0.1) is 5.56 Å². The summed E-state index contributed by atoms with van der Waals surface area (Å²) in [5.41, 5.74) is 1.99. The SMILES string of the molecule is Cc1ccc(C(=O)OC(C)C(=O)Nc2ccc3c(c2)OCO3)cc1. The second-order valence-corrected chi connectivity index (χ2v) is 5.47. The molecule has 0 saturated heterocycles. The fourth-order valence-electron chi connectivity index (χ4n) is 2.19. The molecule has 0 aromatic heterocycles. The molecule has 0 radical (unpaired) electrons. The molecule has 1 amide bonds. The summed E-state index contributed by atoms with van der Waals surface area (Å²) in [6, 6.07) is 12.0. The van der Waals surface area contributed by atoms with E-state index >= 15 is 0 Å². The maximum Gasteiger partial charge on any atom is 0.338 e. The summed E-state index contributed by atoms with van der Waals surface area (Å²) in [5.74, 6) is 0.238. The van der Waals surface area contributed by atoms with Gasteiger partial charge in [-0.15, -0.1) is 0 Å². The number of rotatable bonds is 4. The largest absolute Gasteiger partial charge is 0.454 e. The second kappa shape index (κ2) is 6.62. The number of hydrogen-bond acceptors (Lipinski definition) is 5. The van der Waals surface area contributed by atoms with Crippen molar-refractivity contribution < 1.29 is 23.8 Å². The van der Waals surface area contributed by atoms with E-state index in [0.29, 0.717) is 22.7 Å². The normalized spacial score (nSPS) is 13.2. The van der Waals surface area contributed by atoms with Crippen molar-refractivity contribution >= 4 is 17.6 Å². The molecule has 1 aliphatic rings. The minimum Gasteiger partial charge on any atom is -0.454 e. The summed E-state index contributed by atoms with van der Waals surface area (Å²) >= 11 is 0. The van der Waals surface area contributed by atoms with Crippen LogP contribution < -0.4 is 14.8 Å². The van der Waals surface area contributed by atoms with Gasteiger partial charge in [0.2, 0.25) is 6.79 Å². The first-order valence-electron chi connectivity index (χ1n) is 7.51. The van der Waals surface area contributed by atoms with Gasteiger partial charge in [0.15, 0.2) is 17.6 Å². The van der Waals surface area contributed by atoms with Crippen molar-refractivity contribution in [1.29, 1.82) is 0 Å².